The molecular weight excluding hydrogens is 532 g/mol. The Hall–Kier alpha value is -3.29. The van der Waals surface area contributed by atoms with Crippen molar-refractivity contribution in [2.45, 2.75) is 38.0 Å². The lowest BCUT2D eigenvalue weighted by molar-refractivity contribution is -0.138. The van der Waals surface area contributed by atoms with Gasteiger partial charge in [0, 0.05) is 25.8 Å². The minimum absolute atomic E-state index is 0.0141. The minimum Gasteiger partial charge on any atom is -0.491 e. The maximum atomic E-state index is 12.9. The molecule has 0 fully saturated rings. The second-order valence-corrected chi connectivity index (χ2v) is 9.02. The van der Waals surface area contributed by atoms with Gasteiger partial charge in [-0.15, -0.1) is 0 Å². The van der Waals surface area contributed by atoms with E-state index in [0.29, 0.717) is 13.1 Å². The summed E-state index contributed by atoms with van der Waals surface area (Å²) in [4.78, 5) is 1.68. The standard InChI is InChI=1S/C26H29F6N3O4/c1-18-12-33-35(13-18)9-8-34(14-21(36)16-38-23-6-2-4-19(10-23)25(27,28)29)15-22(37)17-39-24-7-3-5-20(11-24)26(30,31)32/h2-7,10-13,21-22,36-37H,8-9,14-17H2,1H3/t21-,22-/m1/s1. The van der Waals surface area contributed by atoms with Gasteiger partial charge in [-0.1, -0.05) is 12.1 Å². The Morgan fingerprint density at radius 2 is 1.33 bits per heavy atom. The molecule has 1 heterocycles. The Morgan fingerprint density at radius 1 is 0.846 bits per heavy atom. The van der Waals surface area contributed by atoms with Gasteiger partial charge in [0.2, 0.25) is 0 Å². The van der Waals surface area contributed by atoms with Crippen LogP contribution in [0.1, 0.15) is 16.7 Å². The van der Waals surface area contributed by atoms with Gasteiger partial charge < -0.3 is 19.7 Å². The summed E-state index contributed by atoms with van der Waals surface area (Å²) in [5.74, 6) is -0.117. The van der Waals surface area contributed by atoms with E-state index in [1.54, 1.807) is 22.0 Å². The fourth-order valence-corrected chi connectivity index (χ4v) is 3.70. The molecular formula is C26H29F6N3O4. The highest BCUT2D eigenvalue weighted by atomic mass is 19.4. The molecule has 0 unspecified atom stereocenters. The van der Waals surface area contributed by atoms with Crippen molar-refractivity contribution in [2.24, 2.45) is 0 Å². The summed E-state index contributed by atoms with van der Waals surface area (Å²) in [7, 11) is 0. The minimum atomic E-state index is -4.54. The Kier molecular flexibility index (Phi) is 10.2. The zero-order chi connectivity index (χ0) is 28.6. The van der Waals surface area contributed by atoms with Crippen LogP contribution in [-0.2, 0) is 18.9 Å². The lowest BCUT2D eigenvalue weighted by Crippen LogP contribution is -2.43. The molecule has 13 heteroatoms. The average Bonchev–Trinajstić information content (AvgIpc) is 3.29. The normalized spacial score (nSPS) is 13.9. The van der Waals surface area contributed by atoms with Crippen LogP contribution in [-0.4, -0.2) is 69.9 Å². The van der Waals surface area contributed by atoms with Crippen molar-refractivity contribution in [2.75, 3.05) is 32.8 Å². The molecule has 3 aromatic rings. The molecule has 0 aliphatic rings. The Morgan fingerprint density at radius 3 is 1.74 bits per heavy atom. The number of rotatable bonds is 13. The van der Waals surface area contributed by atoms with E-state index < -0.39 is 35.7 Å². The molecule has 7 nitrogen and oxygen atoms in total. The van der Waals surface area contributed by atoms with Crippen LogP contribution in [0.15, 0.2) is 60.9 Å². The van der Waals surface area contributed by atoms with Crippen LogP contribution >= 0.6 is 0 Å². The zero-order valence-corrected chi connectivity index (χ0v) is 21.0. The molecule has 214 valence electrons. The van der Waals surface area contributed by atoms with Crippen molar-refractivity contribution < 1.29 is 46.0 Å². The summed E-state index contributed by atoms with van der Waals surface area (Å²) in [6.45, 7) is 1.94. The fourth-order valence-electron chi connectivity index (χ4n) is 3.70. The lowest BCUT2D eigenvalue weighted by Gasteiger charge is -2.27. The Bertz CT molecular complexity index is 1120. The highest BCUT2D eigenvalue weighted by Crippen LogP contribution is 2.32. The van der Waals surface area contributed by atoms with Crippen molar-refractivity contribution in [1.82, 2.24) is 14.7 Å². The predicted octanol–water partition coefficient (Wildman–Crippen LogP) is 4.41. The van der Waals surface area contributed by atoms with Gasteiger partial charge in [-0.05, 0) is 48.9 Å². The molecule has 1 aromatic heterocycles. The second kappa shape index (κ2) is 13.2. The number of aryl methyl sites for hydroxylation is 1. The van der Waals surface area contributed by atoms with Gasteiger partial charge in [0.1, 0.15) is 36.9 Å². The third kappa shape index (κ3) is 10.1. The largest absolute Gasteiger partial charge is 0.491 e. The number of alkyl halides is 6. The van der Waals surface area contributed by atoms with Gasteiger partial charge in [0.15, 0.2) is 0 Å². The van der Waals surface area contributed by atoms with Crippen molar-refractivity contribution in [1.29, 1.82) is 0 Å². The second-order valence-electron chi connectivity index (χ2n) is 9.02. The maximum absolute atomic E-state index is 12.9. The summed E-state index contributed by atoms with van der Waals surface area (Å²) in [6.07, 6.45) is -7.86. The van der Waals surface area contributed by atoms with Gasteiger partial charge >= 0.3 is 12.4 Å². The van der Waals surface area contributed by atoms with Gasteiger partial charge in [-0.25, -0.2) is 0 Å². The summed E-state index contributed by atoms with van der Waals surface area (Å²) in [5, 5.41) is 25.2. The highest BCUT2D eigenvalue weighted by molar-refractivity contribution is 5.31. The Balaban J connectivity index is 1.58. The van der Waals surface area contributed by atoms with Crippen LogP contribution in [0.2, 0.25) is 0 Å². The molecule has 0 aliphatic heterocycles. The number of benzene rings is 2. The zero-order valence-electron chi connectivity index (χ0n) is 21.0. The highest BCUT2D eigenvalue weighted by Gasteiger charge is 2.31. The van der Waals surface area contributed by atoms with E-state index in [2.05, 4.69) is 5.10 Å². The average molecular weight is 562 g/mol. The molecule has 2 N–H and O–H groups in total. The number of aliphatic hydroxyl groups is 2. The first-order valence-corrected chi connectivity index (χ1v) is 12.0. The smallest absolute Gasteiger partial charge is 0.416 e. The van der Waals surface area contributed by atoms with E-state index in [4.69, 9.17) is 9.47 Å². The van der Waals surface area contributed by atoms with Gasteiger partial charge in [-0.3, -0.25) is 9.58 Å². The summed E-state index contributed by atoms with van der Waals surface area (Å²) >= 11 is 0. The molecule has 0 amide bonds. The first-order valence-electron chi connectivity index (χ1n) is 12.0. The van der Waals surface area contributed by atoms with Crippen molar-refractivity contribution in [3.8, 4) is 11.5 Å². The SMILES string of the molecule is Cc1cnn(CCN(C[C@@H](O)COc2cccc(C(F)(F)F)c2)C[C@@H](O)COc2cccc(C(F)(F)F)c2)c1. The molecule has 2 atom stereocenters. The number of hydrogen-bond donors (Lipinski definition) is 2. The van der Waals surface area contributed by atoms with Crippen LogP contribution in [0.4, 0.5) is 26.3 Å². The molecule has 0 aliphatic carbocycles. The third-order valence-electron chi connectivity index (χ3n) is 5.55. The maximum Gasteiger partial charge on any atom is 0.416 e. The number of ether oxygens (including phenoxy) is 2. The molecule has 0 saturated carbocycles. The molecule has 0 saturated heterocycles. The molecule has 0 radical (unpaired) electrons. The van der Waals surface area contributed by atoms with Gasteiger partial charge in [0.25, 0.3) is 0 Å². The van der Waals surface area contributed by atoms with E-state index >= 15 is 0 Å². The first kappa shape index (κ1) is 30.3. The van der Waals surface area contributed by atoms with Crippen molar-refractivity contribution >= 4 is 0 Å². The molecule has 3 rings (SSSR count). The van der Waals surface area contributed by atoms with Crippen LogP contribution in [0, 0.1) is 6.92 Å². The number of aliphatic hydroxyl groups excluding tert-OH is 2. The molecule has 0 spiro atoms. The first-order chi connectivity index (χ1) is 18.3. The van der Waals surface area contributed by atoms with Gasteiger partial charge in [0.05, 0.1) is 23.9 Å². The number of halogens is 6. The third-order valence-corrected chi connectivity index (χ3v) is 5.55. The molecule has 2 aromatic carbocycles. The van der Waals surface area contributed by atoms with Gasteiger partial charge in [-0.2, -0.15) is 31.4 Å². The summed E-state index contributed by atoms with van der Waals surface area (Å²) < 4.78 is 89.9. The van der Waals surface area contributed by atoms with Crippen LogP contribution < -0.4 is 9.47 Å². The quantitative estimate of drug-likeness (QED) is 0.301. The Labute approximate surface area is 221 Å². The van der Waals surface area contributed by atoms with E-state index in [-0.39, 0.29) is 37.8 Å². The van der Waals surface area contributed by atoms with Crippen molar-refractivity contribution in [3.05, 3.63) is 77.6 Å². The number of nitrogens with zero attached hydrogens (tertiary/aromatic N) is 3. The van der Waals surface area contributed by atoms with E-state index in [9.17, 15) is 36.6 Å². The topological polar surface area (TPSA) is 80.0 Å². The predicted molar refractivity (Wildman–Crippen MR) is 129 cm³/mol. The summed E-state index contributed by atoms with van der Waals surface area (Å²) in [5.41, 5.74) is -0.824. The summed E-state index contributed by atoms with van der Waals surface area (Å²) in [6, 6.07) is 8.56. The van der Waals surface area contributed by atoms with E-state index in [1.807, 2.05) is 6.92 Å². The van der Waals surface area contributed by atoms with E-state index in [0.717, 1.165) is 29.8 Å². The van der Waals surface area contributed by atoms with E-state index in [1.165, 1.54) is 24.3 Å². The number of aromatic nitrogens is 2. The number of hydrogen-bond acceptors (Lipinski definition) is 6. The fraction of sp³-hybridized carbons (Fsp3) is 0.423. The monoisotopic (exact) mass is 561 g/mol. The van der Waals surface area contributed by atoms with Crippen LogP contribution in [0.5, 0.6) is 11.5 Å². The lowest BCUT2D eigenvalue weighted by atomic mass is 10.2. The molecule has 0 bridgehead atoms. The van der Waals surface area contributed by atoms with Crippen LogP contribution in [0.3, 0.4) is 0 Å². The molecule has 39 heavy (non-hydrogen) atoms. The van der Waals surface area contributed by atoms with Crippen LogP contribution in [0.25, 0.3) is 0 Å². The van der Waals surface area contributed by atoms with Crippen molar-refractivity contribution in [3.63, 3.8) is 0 Å².